The van der Waals surface area contributed by atoms with Gasteiger partial charge < -0.3 is 14.8 Å². The summed E-state index contributed by atoms with van der Waals surface area (Å²) in [6, 6.07) is 20.8. The van der Waals surface area contributed by atoms with Crippen LogP contribution < -0.4 is 10.1 Å². The first-order chi connectivity index (χ1) is 16.6. The lowest BCUT2D eigenvalue weighted by molar-refractivity contribution is -0.141. The lowest BCUT2D eigenvalue weighted by Gasteiger charge is -2.16. The summed E-state index contributed by atoms with van der Waals surface area (Å²) in [5.41, 5.74) is 7.72. The van der Waals surface area contributed by atoms with Gasteiger partial charge in [0.05, 0.1) is 36.9 Å². The average Bonchev–Trinajstić information content (AvgIpc) is 3.44. The third kappa shape index (κ3) is 4.12. The third-order valence-electron chi connectivity index (χ3n) is 6.39. The highest BCUT2D eigenvalue weighted by Gasteiger charge is 2.27. The van der Waals surface area contributed by atoms with Crippen molar-refractivity contribution in [1.82, 2.24) is 9.55 Å². The number of hydrogen-bond acceptors (Lipinski definition) is 6. The third-order valence-corrected chi connectivity index (χ3v) is 7.03. The number of thioether (sulfide) groups is 1. The second-order valence-corrected chi connectivity index (χ2v) is 9.15. The Morgan fingerprint density at radius 2 is 2.06 bits per heavy atom. The van der Waals surface area contributed by atoms with Crippen LogP contribution >= 0.6 is 11.8 Å². The van der Waals surface area contributed by atoms with E-state index < -0.39 is 0 Å². The maximum Gasteiger partial charge on any atom is 0.306 e. The Morgan fingerprint density at radius 1 is 1.21 bits per heavy atom. The molecule has 0 bridgehead atoms. The molecule has 6 nitrogen and oxygen atoms in total. The largest absolute Gasteiger partial charge is 0.493 e. The zero-order chi connectivity index (χ0) is 23.7. The quantitative estimate of drug-likeness (QED) is 0.274. The molecule has 174 valence electrons. The van der Waals surface area contributed by atoms with E-state index in [9.17, 15) is 4.79 Å². The van der Waals surface area contributed by atoms with Crippen molar-refractivity contribution in [3.05, 3.63) is 77.4 Å². The van der Waals surface area contributed by atoms with Crippen LogP contribution in [0.4, 0.5) is 5.69 Å². The summed E-state index contributed by atoms with van der Waals surface area (Å²) >= 11 is 1.65. The lowest BCUT2D eigenvalue weighted by Crippen LogP contribution is -2.09. The Labute approximate surface area is 203 Å². The molecule has 0 fully saturated rings. The van der Waals surface area contributed by atoms with E-state index >= 15 is 0 Å². The number of anilines is 1. The van der Waals surface area contributed by atoms with Crippen LogP contribution in [0.1, 0.15) is 29.0 Å². The molecule has 1 unspecified atom stereocenters. The lowest BCUT2D eigenvalue weighted by atomic mass is 9.97. The van der Waals surface area contributed by atoms with Crippen molar-refractivity contribution in [2.75, 3.05) is 25.3 Å². The second kappa shape index (κ2) is 9.43. The van der Waals surface area contributed by atoms with Crippen molar-refractivity contribution in [2.24, 2.45) is 0 Å². The van der Waals surface area contributed by atoms with Gasteiger partial charge in [0.2, 0.25) is 0 Å². The van der Waals surface area contributed by atoms with Gasteiger partial charge in [-0.15, -0.1) is 0 Å². The SMILES string of the molecule is COC(=O)CC1COc2cc(NCc3cccc(-n4c(SC)nc5ccccc54)c3C)ccc21. The first-order valence-electron chi connectivity index (χ1n) is 11.3. The Bertz CT molecular complexity index is 1360. The molecule has 0 spiro atoms. The summed E-state index contributed by atoms with van der Waals surface area (Å²) < 4.78 is 12.9. The summed E-state index contributed by atoms with van der Waals surface area (Å²) in [5, 5.41) is 4.51. The van der Waals surface area contributed by atoms with Crippen LogP contribution in [0.3, 0.4) is 0 Å². The highest BCUT2D eigenvalue weighted by Crippen LogP contribution is 2.38. The summed E-state index contributed by atoms with van der Waals surface area (Å²) in [5.74, 6) is 0.666. The molecule has 2 heterocycles. The Hall–Kier alpha value is -3.45. The van der Waals surface area contributed by atoms with Crippen molar-refractivity contribution >= 4 is 34.5 Å². The van der Waals surface area contributed by atoms with Gasteiger partial charge in [-0.05, 0) is 48.6 Å². The number of methoxy groups -OCH3 is 1. The summed E-state index contributed by atoms with van der Waals surface area (Å²) in [7, 11) is 1.42. The van der Waals surface area contributed by atoms with E-state index in [0.29, 0.717) is 19.6 Å². The van der Waals surface area contributed by atoms with Gasteiger partial charge in [0, 0.05) is 29.8 Å². The van der Waals surface area contributed by atoms with E-state index in [1.54, 1.807) is 11.8 Å². The molecule has 0 saturated heterocycles. The van der Waals surface area contributed by atoms with Gasteiger partial charge in [-0.3, -0.25) is 9.36 Å². The molecule has 1 atom stereocenters. The molecule has 1 aliphatic heterocycles. The minimum Gasteiger partial charge on any atom is -0.493 e. The maximum atomic E-state index is 11.7. The minimum atomic E-state index is -0.214. The van der Waals surface area contributed by atoms with Crippen molar-refractivity contribution in [2.45, 2.75) is 31.0 Å². The second-order valence-electron chi connectivity index (χ2n) is 8.38. The number of nitrogens with one attached hydrogen (secondary N) is 1. The molecule has 0 aliphatic carbocycles. The van der Waals surface area contributed by atoms with Gasteiger partial charge in [-0.25, -0.2) is 4.98 Å². The molecule has 4 aromatic rings. The fraction of sp³-hybridized carbons (Fsp3) is 0.259. The minimum absolute atomic E-state index is 0.0473. The van der Waals surface area contributed by atoms with E-state index in [4.69, 9.17) is 14.5 Å². The number of ether oxygens (including phenoxy) is 2. The average molecular weight is 474 g/mol. The molecule has 5 rings (SSSR count). The van der Waals surface area contributed by atoms with Crippen LogP contribution in [0.25, 0.3) is 16.7 Å². The van der Waals surface area contributed by atoms with Crippen molar-refractivity contribution in [1.29, 1.82) is 0 Å². The number of para-hydroxylation sites is 2. The Morgan fingerprint density at radius 3 is 2.88 bits per heavy atom. The Balaban J connectivity index is 1.38. The summed E-state index contributed by atoms with van der Waals surface area (Å²) in [4.78, 5) is 16.5. The van der Waals surface area contributed by atoms with Gasteiger partial charge in [-0.1, -0.05) is 42.1 Å². The molecule has 1 aromatic heterocycles. The number of hydrogen-bond donors (Lipinski definition) is 1. The molecule has 0 amide bonds. The maximum absolute atomic E-state index is 11.7. The normalized spacial score (nSPS) is 14.6. The van der Waals surface area contributed by atoms with E-state index in [0.717, 1.165) is 38.9 Å². The van der Waals surface area contributed by atoms with Crippen LogP contribution in [0.15, 0.2) is 65.8 Å². The molecular formula is C27H27N3O3S. The van der Waals surface area contributed by atoms with E-state index in [1.807, 2.05) is 24.3 Å². The van der Waals surface area contributed by atoms with E-state index in [-0.39, 0.29) is 11.9 Å². The topological polar surface area (TPSA) is 65.4 Å². The zero-order valence-corrected chi connectivity index (χ0v) is 20.3. The number of rotatable bonds is 7. The number of esters is 1. The van der Waals surface area contributed by atoms with Crippen LogP contribution in [-0.4, -0.2) is 35.5 Å². The predicted octanol–water partition coefficient (Wildman–Crippen LogP) is 5.71. The number of benzene rings is 3. The Kier molecular flexibility index (Phi) is 6.20. The zero-order valence-electron chi connectivity index (χ0n) is 19.5. The van der Waals surface area contributed by atoms with Gasteiger partial charge in [-0.2, -0.15) is 0 Å². The van der Waals surface area contributed by atoms with Gasteiger partial charge in [0.25, 0.3) is 0 Å². The molecule has 34 heavy (non-hydrogen) atoms. The van der Waals surface area contributed by atoms with Gasteiger partial charge in [0.1, 0.15) is 5.75 Å². The first-order valence-corrected chi connectivity index (χ1v) is 12.5. The van der Waals surface area contributed by atoms with E-state index in [1.165, 1.54) is 18.2 Å². The fourth-order valence-electron chi connectivity index (χ4n) is 4.51. The van der Waals surface area contributed by atoms with Crippen LogP contribution in [0.5, 0.6) is 5.75 Å². The molecule has 7 heteroatoms. The number of carbonyl (C=O) groups excluding carboxylic acids is 1. The number of carbonyl (C=O) groups is 1. The molecule has 0 saturated carbocycles. The summed E-state index contributed by atoms with van der Waals surface area (Å²) in [6.45, 7) is 3.35. The smallest absolute Gasteiger partial charge is 0.306 e. The number of nitrogens with zero attached hydrogens (tertiary/aromatic N) is 2. The van der Waals surface area contributed by atoms with Crippen LogP contribution in [-0.2, 0) is 16.1 Å². The van der Waals surface area contributed by atoms with Crippen LogP contribution in [0, 0.1) is 6.92 Å². The molecule has 1 aliphatic rings. The highest BCUT2D eigenvalue weighted by atomic mass is 32.2. The predicted molar refractivity (Wildman–Crippen MR) is 136 cm³/mol. The fourth-order valence-corrected chi connectivity index (χ4v) is 5.08. The first kappa shape index (κ1) is 22.3. The highest BCUT2D eigenvalue weighted by molar-refractivity contribution is 7.98. The standard InChI is InChI=1S/C27H27N3O3S/c1-17-18(7-6-10-23(17)30-24-9-5-4-8-22(24)29-27(30)34-3)15-28-20-11-12-21-19(13-26(31)32-2)16-33-25(21)14-20/h4-12,14,19,28H,13,15-16H2,1-3H3. The number of imidazole rings is 1. The van der Waals surface area contributed by atoms with Crippen molar-refractivity contribution in [3.8, 4) is 11.4 Å². The molecule has 3 aromatic carbocycles. The summed E-state index contributed by atoms with van der Waals surface area (Å²) in [6.07, 6.45) is 2.40. The van der Waals surface area contributed by atoms with Gasteiger partial charge in [0.15, 0.2) is 5.16 Å². The number of aromatic nitrogens is 2. The van der Waals surface area contributed by atoms with Crippen molar-refractivity contribution < 1.29 is 14.3 Å². The van der Waals surface area contributed by atoms with Crippen molar-refractivity contribution in [3.63, 3.8) is 0 Å². The monoisotopic (exact) mass is 473 g/mol. The van der Waals surface area contributed by atoms with Gasteiger partial charge >= 0.3 is 5.97 Å². The molecule has 1 N–H and O–H groups in total. The molecule has 0 radical (unpaired) electrons. The molecular weight excluding hydrogens is 446 g/mol. The van der Waals surface area contributed by atoms with Crippen LogP contribution in [0.2, 0.25) is 0 Å². The van der Waals surface area contributed by atoms with E-state index in [2.05, 4.69) is 59.5 Å². The number of fused-ring (bicyclic) bond motifs is 2.